The van der Waals surface area contributed by atoms with Gasteiger partial charge in [0.15, 0.2) is 0 Å². The Kier molecular flexibility index (Phi) is 12.3. The van der Waals surface area contributed by atoms with Gasteiger partial charge in [0.25, 0.3) is 0 Å². The summed E-state index contributed by atoms with van der Waals surface area (Å²) in [4.78, 5) is 0. The molecule has 0 aliphatic rings. The van der Waals surface area contributed by atoms with Crippen molar-refractivity contribution < 1.29 is 13.6 Å². The van der Waals surface area contributed by atoms with E-state index in [4.69, 9.17) is 9.05 Å². The van der Waals surface area contributed by atoms with Crippen LogP contribution in [-0.2, 0) is 13.6 Å². The van der Waals surface area contributed by atoms with Crippen LogP contribution in [0, 0.1) is 0 Å². The van der Waals surface area contributed by atoms with Gasteiger partial charge in [-0.2, -0.15) is 0 Å². The molecule has 0 bridgehead atoms. The minimum absolute atomic E-state index is 0.160. The topological polar surface area (TPSA) is 35.5 Å². The summed E-state index contributed by atoms with van der Waals surface area (Å²) in [5, 5.41) is 0. The molecule has 5 heteroatoms. The van der Waals surface area contributed by atoms with Crippen LogP contribution < -0.4 is 10.7 Å². The molecule has 1 unspecified atom stereocenters. The monoisotopic (exact) mass is 614 g/mol. The van der Waals surface area contributed by atoms with E-state index in [0.29, 0.717) is 13.2 Å². The van der Waals surface area contributed by atoms with E-state index < -0.39 is 26.0 Å². The van der Waals surface area contributed by atoms with Gasteiger partial charge in [0.1, 0.15) is 0 Å². The van der Waals surface area contributed by atoms with Crippen molar-refractivity contribution in [3.8, 4) is 0 Å². The van der Waals surface area contributed by atoms with Crippen molar-refractivity contribution in [2.75, 3.05) is 13.2 Å². The van der Waals surface area contributed by atoms with Gasteiger partial charge in [-0.15, -0.1) is 0 Å². The Morgan fingerprint density at radius 3 is 1.31 bits per heavy atom. The fraction of sp³-hybridized carbons (Fsp3) is 0.419. The summed E-state index contributed by atoms with van der Waals surface area (Å²) < 4.78 is 31.8. The predicted molar refractivity (Wildman–Crippen MR) is 157 cm³/mol. The van der Waals surface area contributed by atoms with Crippen LogP contribution in [0.4, 0.5) is 0 Å². The molecule has 3 aromatic carbocycles. The Hall–Kier alpha value is -1.39. The minimum atomic E-state index is -3.97. The van der Waals surface area contributed by atoms with Crippen molar-refractivity contribution in [2.24, 2.45) is 0 Å². The molecule has 0 saturated heterocycles. The normalized spacial score (nSPS) is 13.0. The van der Waals surface area contributed by atoms with Crippen molar-refractivity contribution in [3.63, 3.8) is 0 Å². The summed E-state index contributed by atoms with van der Waals surface area (Å²) in [5.74, 6) is 0. The third-order valence-corrected chi connectivity index (χ3v) is 28.7. The van der Waals surface area contributed by atoms with E-state index in [9.17, 15) is 0 Å². The third kappa shape index (κ3) is 6.92. The van der Waals surface area contributed by atoms with Gasteiger partial charge >= 0.3 is 224 Å². The van der Waals surface area contributed by atoms with Crippen LogP contribution in [0.15, 0.2) is 91.0 Å². The molecule has 0 N–H and O–H groups in total. The molecule has 0 amide bonds. The summed E-state index contributed by atoms with van der Waals surface area (Å²) in [7, 11) is -3.44. The van der Waals surface area contributed by atoms with Crippen molar-refractivity contribution in [1.82, 2.24) is 0 Å². The molecule has 0 fully saturated rings. The number of benzene rings is 3. The fourth-order valence-corrected chi connectivity index (χ4v) is 29.7. The second-order valence-electron chi connectivity index (χ2n) is 9.48. The summed E-state index contributed by atoms with van der Waals surface area (Å²) in [6, 6.07) is 32.6. The first kappa shape index (κ1) is 29.2. The number of rotatable bonds is 16. The molecule has 3 aromatic rings. The van der Waals surface area contributed by atoms with Crippen LogP contribution >= 0.6 is 7.60 Å². The summed E-state index contributed by atoms with van der Waals surface area (Å²) >= 11 is -3.97. The zero-order valence-electron chi connectivity index (χ0n) is 22.3. The molecule has 36 heavy (non-hydrogen) atoms. The first-order valence-corrected chi connectivity index (χ1v) is 21.2. The quantitative estimate of drug-likeness (QED) is 0.0985. The van der Waals surface area contributed by atoms with Gasteiger partial charge in [-0.25, -0.2) is 0 Å². The maximum atomic E-state index is 15.1. The van der Waals surface area contributed by atoms with Gasteiger partial charge in [-0.05, 0) is 0 Å². The predicted octanol–water partition coefficient (Wildman–Crippen LogP) is 7.08. The summed E-state index contributed by atoms with van der Waals surface area (Å²) in [5.41, 5.74) is 0. The van der Waals surface area contributed by atoms with E-state index in [2.05, 4.69) is 112 Å². The molecule has 0 spiro atoms. The van der Waals surface area contributed by atoms with Crippen molar-refractivity contribution in [2.45, 2.75) is 69.4 Å². The van der Waals surface area contributed by atoms with Crippen LogP contribution in [0.2, 0.25) is 0 Å². The van der Waals surface area contributed by atoms with E-state index >= 15 is 4.57 Å². The van der Waals surface area contributed by atoms with Gasteiger partial charge in [-0.1, -0.05) is 0 Å². The van der Waals surface area contributed by atoms with E-state index in [0.717, 1.165) is 44.9 Å². The molecule has 0 aliphatic heterocycles. The Balaban J connectivity index is 2.34. The molecular formula is C31H43O3PSn. The molecule has 3 nitrogen and oxygen atoms in total. The van der Waals surface area contributed by atoms with Crippen molar-refractivity contribution >= 4 is 36.7 Å². The fourth-order valence-electron chi connectivity index (χ4n) is 5.08. The summed E-state index contributed by atoms with van der Waals surface area (Å²) in [6.07, 6.45) is 6.63. The molecular weight excluding hydrogens is 570 g/mol. The number of hydrogen-bond acceptors (Lipinski definition) is 3. The SMILES string of the molecule is CCCCOP(=O)(OCCCC)[CH](CCCC)[Sn]([c]1ccccc1)([c]1ccccc1)[c]1ccccc1. The molecule has 0 heterocycles. The molecule has 1 atom stereocenters. The Labute approximate surface area is 223 Å². The molecule has 0 radical (unpaired) electrons. The van der Waals surface area contributed by atoms with Gasteiger partial charge in [0.2, 0.25) is 0 Å². The zero-order valence-corrected chi connectivity index (χ0v) is 26.0. The Morgan fingerprint density at radius 2 is 0.972 bits per heavy atom. The van der Waals surface area contributed by atoms with E-state index in [-0.39, 0.29) is 3.67 Å². The molecule has 0 saturated carbocycles. The van der Waals surface area contributed by atoms with E-state index in [1.807, 2.05) is 0 Å². The average Bonchev–Trinajstić information content (AvgIpc) is 2.93. The average molecular weight is 613 g/mol. The van der Waals surface area contributed by atoms with Crippen LogP contribution in [0.25, 0.3) is 0 Å². The molecule has 3 rings (SSSR count). The molecule has 0 aliphatic carbocycles. The zero-order chi connectivity index (χ0) is 25.7. The van der Waals surface area contributed by atoms with E-state index in [1.54, 1.807) is 0 Å². The van der Waals surface area contributed by atoms with Gasteiger partial charge in [0.05, 0.1) is 0 Å². The Morgan fingerprint density at radius 1 is 0.611 bits per heavy atom. The van der Waals surface area contributed by atoms with Crippen LogP contribution in [-0.4, -0.2) is 35.3 Å². The van der Waals surface area contributed by atoms with E-state index in [1.165, 1.54) is 10.7 Å². The van der Waals surface area contributed by atoms with Crippen LogP contribution in [0.1, 0.15) is 65.7 Å². The van der Waals surface area contributed by atoms with Gasteiger partial charge in [-0.3, -0.25) is 0 Å². The number of hydrogen-bond donors (Lipinski definition) is 0. The molecule has 194 valence electrons. The Bertz CT molecular complexity index is 933. The van der Waals surface area contributed by atoms with Crippen LogP contribution in [0.3, 0.4) is 0 Å². The van der Waals surface area contributed by atoms with Gasteiger partial charge in [0, 0.05) is 0 Å². The van der Waals surface area contributed by atoms with Gasteiger partial charge < -0.3 is 0 Å². The maximum absolute atomic E-state index is 15.1. The molecule has 0 aromatic heterocycles. The summed E-state index contributed by atoms with van der Waals surface area (Å²) in [6.45, 7) is 7.44. The van der Waals surface area contributed by atoms with Crippen molar-refractivity contribution in [1.29, 1.82) is 0 Å². The third-order valence-electron chi connectivity index (χ3n) is 6.94. The first-order chi connectivity index (χ1) is 17.6. The second kappa shape index (κ2) is 15.1. The van der Waals surface area contributed by atoms with Crippen LogP contribution in [0.5, 0.6) is 0 Å². The second-order valence-corrected chi connectivity index (χ2v) is 24.6. The number of unbranched alkanes of at least 4 members (excludes halogenated alkanes) is 3. The van der Waals surface area contributed by atoms with Crippen molar-refractivity contribution in [3.05, 3.63) is 91.0 Å². The first-order valence-electron chi connectivity index (χ1n) is 13.7. The standard InChI is InChI=1S/C13H28O3P.3C6H5.Sn/c1-4-7-10-13-17(14,15-11-8-5-2)16-12-9-6-3;3*1-2-4-6-5-3-1;/h13H,4-12H2,1-3H3;3*1-5H;.